The minimum absolute atomic E-state index is 0.167. The van der Waals surface area contributed by atoms with Gasteiger partial charge in [0.2, 0.25) is 6.79 Å². The maximum Gasteiger partial charge on any atom is 0.324 e. The SMILES string of the molecule is Cc1c(Cl)nc(Oc2ccc(-n3ccnc3)cc2)nc1-c1cc(-c2ccc3c(c2)OCO3)c[nH]1. The maximum absolute atomic E-state index is 6.43. The van der Waals surface area contributed by atoms with Crippen LogP contribution in [0.5, 0.6) is 23.3 Å². The minimum Gasteiger partial charge on any atom is -0.454 e. The highest BCUT2D eigenvalue weighted by Crippen LogP contribution is 2.37. The van der Waals surface area contributed by atoms with E-state index in [4.69, 9.17) is 25.8 Å². The number of hydrogen-bond donors (Lipinski definition) is 1. The summed E-state index contributed by atoms with van der Waals surface area (Å²) in [4.78, 5) is 16.3. The van der Waals surface area contributed by atoms with E-state index in [-0.39, 0.29) is 12.8 Å². The summed E-state index contributed by atoms with van der Waals surface area (Å²) in [5.74, 6) is 2.08. The fourth-order valence-electron chi connectivity index (χ4n) is 3.76. The van der Waals surface area contributed by atoms with Crippen LogP contribution < -0.4 is 14.2 Å². The maximum atomic E-state index is 6.43. The van der Waals surface area contributed by atoms with Gasteiger partial charge in [0.1, 0.15) is 10.9 Å². The molecule has 0 amide bonds. The van der Waals surface area contributed by atoms with Gasteiger partial charge in [-0.3, -0.25) is 0 Å². The molecule has 0 bridgehead atoms. The van der Waals surface area contributed by atoms with E-state index < -0.39 is 0 Å². The van der Waals surface area contributed by atoms with E-state index in [0.29, 0.717) is 16.6 Å². The highest BCUT2D eigenvalue weighted by Gasteiger charge is 2.17. The van der Waals surface area contributed by atoms with Crippen molar-refractivity contribution in [2.75, 3.05) is 6.79 Å². The fourth-order valence-corrected chi connectivity index (χ4v) is 3.92. The van der Waals surface area contributed by atoms with Crippen LogP contribution in [0.25, 0.3) is 28.2 Å². The summed E-state index contributed by atoms with van der Waals surface area (Å²) < 4.78 is 18.7. The largest absolute Gasteiger partial charge is 0.454 e. The molecule has 1 N–H and O–H groups in total. The lowest BCUT2D eigenvalue weighted by molar-refractivity contribution is 0.174. The Bertz CT molecular complexity index is 1480. The van der Waals surface area contributed by atoms with Crippen LogP contribution in [0.1, 0.15) is 5.56 Å². The first-order chi connectivity index (χ1) is 16.6. The van der Waals surface area contributed by atoms with E-state index >= 15 is 0 Å². The molecule has 3 aromatic heterocycles. The van der Waals surface area contributed by atoms with Crippen molar-refractivity contribution in [1.82, 2.24) is 24.5 Å². The number of nitrogens with zero attached hydrogens (tertiary/aromatic N) is 4. The summed E-state index contributed by atoms with van der Waals surface area (Å²) >= 11 is 6.43. The van der Waals surface area contributed by atoms with Gasteiger partial charge < -0.3 is 23.8 Å². The summed E-state index contributed by atoms with van der Waals surface area (Å²) in [6, 6.07) is 15.6. The van der Waals surface area contributed by atoms with Crippen LogP contribution in [0.15, 0.2) is 73.4 Å². The van der Waals surface area contributed by atoms with Gasteiger partial charge in [0.05, 0.1) is 17.7 Å². The topological polar surface area (TPSA) is 87.1 Å². The highest BCUT2D eigenvalue weighted by molar-refractivity contribution is 6.30. The van der Waals surface area contributed by atoms with E-state index in [1.54, 1.807) is 12.5 Å². The zero-order valence-corrected chi connectivity index (χ0v) is 18.8. The molecule has 4 heterocycles. The predicted octanol–water partition coefficient (Wildman–Crippen LogP) is 5.81. The molecule has 0 saturated heterocycles. The third-order valence-electron chi connectivity index (χ3n) is 5.56. The van der Waals surface area contributed by atoms with Crippen LogP contribution in [-0.2, 0) is 0 Å². The normalized spacial score (nSPS) is 12.2. The van der Waals surface area contributed by atoms with E-state index in [1.807, 2.05) is 72.4 Å². The number of aromatic amines is 1. The van der Waals surface area contributed by atoms with Gasteiger partial charge in [-0.15, -0.1) is 0 Å². The van der Waals surface area contributed by atoms with Crippen molar-refractivity contribution in [2.24, 2.45) is 0 Å². The zero-order valence-electron chi connectivity index (χ0n) is 18.0. The van der Waals surface area contributed by atoms with Crippen molar-refractivity contribution in [1.29, 1.82) is 0 Å². The standard InChI is InChI=1S/C25H18ClN5O3/c1-15-23(20-10-17(12-28-20)16-2-7-21-22(11-16)33-14-32-21)29-25(30-24(15)26)34-19-5-3-18(4-6-19)31-9-8-27-13-31/h2-13,28H,14H2,1H3. The Hall–Kier alpha value is -4.30. The number of benzene rings is 2. The molecular formula is C25H18ClN5O3. The first kappa shape index (κ1) is 20.3. The summed E-state index contributed by atoms with van der Waals surface area (Å²) in [5.41, 5.74) is 5.17. The Balaban J connectivity index is 1.28. The molecule has 0 unspecified atom stereocenters. The first-order valence-corrected chi connectivity index (χ1v) is 10.9. The summed E-state index contributed by atoms with van der Waals surface area (Å²) in [6.45, 7) is 2.12. The lowest BCUT2D eigenvalue weighted by Gasteiger charge is -2.10. The van der Waals surface area contributed by atoms with Crippen molar-refractivity contribution in [2.45, 2.75) is 6.92 Å². The van der Waals surface area contributed by atoms with Gasteiger partial charge in [-0.2, -0.15) is 9.97 Å². The van der Waals surface area contributed by atoms with E-state index in [1.165, 1.54) is 0 Å². The van der Waals surface area contributed by atoms with Crippen LogP contribution >= 0.6 is 11.6 Å². The van der Waals surface area contributed by atoms with Gasteiger partial charge in [0.15, 0.2) is 11.5 Å². The number of hydrogen-bond acceptors (Lipinski definition) is 6. The molecular weight excluding hydrogens is 454 g/mol. The smallest absolute Gasteiger partial charge is 0.324 e. The van der Waals surface area contributed by atoms with Gasteiger partial charge in [-0.25, -0.2) is 4.98 Å². The Morgan fingerprint density at radius 3 is 2.68 bits per heavy atom. The molecule has 0 saturated carbocycles. The van der Waals surface area contributed by atoms with Crippen molar-refractivity contribution in [3.63, 3.8) is 0 Å². The van der Waals surface area contributed by atoms with Crippen molar-refractivity contribution in [3.05, 3.63) is 84.2 Å². The summed E-state index contributed by atoms with van der Waals surface area (Å²) in [5, 5.41) is 0.328. The molecule has 0 atom stereocenters. The van der Waals surface area contributed by atoms with E-state index in [0.717, 1.165) is 39.6 Å². The Labute approximate surface area is 199 Å². The minimum atomic E-state index is 0.167. The molecule has 0 aliphatic carbocycles. The second-order valence-electron chi connectivity index (χ2n) is 7.71. The third kappa shape index (κ3) is 3.74. The van der Waals surface area contributed by atoms with E-state index in [2.05, 4.69) is 19.9 Å². The lowest BCUT2D eigenvalue weighted by Crippen LogP contribution is -1.98. The molecule has 6 rings (SSSR count). The van der Waals surface area contributed by atoms with Crippen LogP contribution in [0, 0.1) is 6.92 Å². The average Bonchev–Trinajstić information content (AvgIpc) is 3.63. The van der Waals surface area contributed by atoms with E-state index in [9.17, 15) is 0 Å². The van der Waals surface area contributed by atoms with Gasteiger partial charge >= 0.3 is 6.01 Å². The van der Waals surface area contributed by atoms with Crippen molar-refractivity contribution in [3.8, 4) is 51.5 Å². The van der Waals surface area contributed by atoms with Crippen LogP contribution in [0.4, 0.5) is 0 Å². The Morgan fingerprint density at radius 2 is 1.85 bits per heavy atom. The fraction of sp³-hybridized carbons (Fsp3) is 0.0800. The Morgan fingerprint density at radius 1 is 1.00 bits per heavy atom. The summed E-state index contributed by atoms with van der Waals surface area (Å²) in [6.07, 6.45) is 7.25. The van der Waals surface area contributed by atoms with Crippen LogP contribution in [-0.4, -0.2) is 31.3 Å². The van der Waals surface area contributed by atoms with Crippen LogP contribution in [0.2, 0.25) is 5.15 Å². The molecule has 8 nitrogen and oxygen atoms in total. The quantitative estimate of drug-likeness (QED) is 0.325. The van der Waals surface area contributed by atoms with Crippen molar-refractivity contribution < 1.29 is 14.2 Å². The first-order valence-electron chi connectivity index (χ1n) is 10.5. The molecule has 1 aliphatic heterocycles. The number of aromatic nitrogens is 5. The second-order valence-corrected chi connectivity index (χ2v) is 8.06. The lowest BCUT2D eigenvalue weighted by atomic mass is 10.1. The molecule has 34 heavy (non-hydrogen) atoms. The highest BCUT2D eigenvalue weighted by atomic mass is 35.5. The molecule has 0 fully saturated rings. The number of fused-ring (bicyclic) bond motifs is 1. The number of rotatable bonds is 5. The summed E-state index contributed by atoms with van der Waals surface area (Å²) in [7, 11) is 0. The molecule has 0 spiro atoms. The monoisotopic (exact) mass is 471 g/mol. The number of imidazole rings is 1. The molecule has 9 heteroatoms. The second kappa shape index (κ2) is 8.24. The van der Waals surface area contributed by atoms with Crippen LogP contribution in [0.3, 0.4) is 0 Å². The average molecular weight is 472 g/mol. The molecule has 168 valence electrons. The third-order valence-corrected chi connectivity index (χ3v) is 5.93. The molecule has 0 radical (unpaired) electrons. The number of halogens is 1. The zero-order chi connectivity index (χ0) is 23.1. The number of nitrogens with one attached hydrogen (secondary N) is 1. The Kier molecular flexibility index (Phi) is 4.92. The van der Waals surface area contributed by atoms with Gasteiger partial charge in [0, 0.05) is 29.8 Å². The predicted molar refractivity (Wildman–Crippen MR) is 127 cm³/mol. The van der Waals surface area contributed by atoms with Gasteiger partial charge in [-0.05, 0) is 60.5 Å². The molecule has 1 aliphatic rings. The van der Waals surface area contributed by atoms with Crippen molar-refractivity contribution >= 4 is 11.6 Å². The van der Waals surface area contributed by atoms with Gasteiger partial charge in [-0.1, -0.05) is 17.7 Å². The number of ether oxygens (including phenoxy) is 3. The molecule has 5 aromatic rings. The number of H-pyrrole nitrogens is 1. The van der Waals surface area contributed by atoms with Gasteiger partial charge in [0.25, 0.3) is 0 Å². The molecule has 2 aromatic carbocycles.